The molecule has 1 N–H and O–H groups in total. The number of halogens is 1. The largest absolute Gasteiger partial charge is 0.497 e. The number of rotatable bonds is 3. The predicted octanol–water partition coefficient (Wildman–Crippen LogP) is 3.13. The van der Waals surface area contributed by atoms with Gasteiger partial charge in [0.25, 0.3) is 11.8 Å². The van der Waals surface area contributed by atoms with E-state index in [2.05, 4.69) is 27.9 Å². The van der Waals surface area contributed by atoms with E-state index >= 15 is 0 Å². The Bertz CT molecular complexity index is 896. The van der Waals surface area contributed by atoms with Crippen molar-refractivity contribution in [1.29, 1.82) is 0 Å². The Morgan fingerprint density at radius 1 is 1.16 bits per heavy atom. The molecule has 0 atom stereocenters. The molecule has 5 nitrogen and oxygen atoms in total. The smallest absolute Gasteiger partial charge is 0.270 e. The van der Waals surface area contributed by atoms with Crippen LogP contribution in [0, 0.1) is 3.57 Å². The molecule has 2 aromatic rings. The molecule has 0 bridgehead atoms. The Balaban J connectivity index is 2.03. The minimum atomic E-state index is -0.514. The first-order valence-electron chi connectivity index (χ1n) is 7.30. The molecule has 1 aliphatic heterocycles. The summed E-state index contributed by atoms with van der Waals surface area (Å²) < 4.78 is 6.17. The van der Waals surface area contributed by atoms with E-state index in [9.17, 15) is 9.59 Å². The first-order chi connectivity index (χ1) is 12.0. The topological polar surface area (TPSA) is 58.6 Å². The molecular weight excluding hydrogens is 451 g/mol. The van der Waals surface area contributed by atoms with Gasteiger partial charge in [-0.2, -0.15) is 0 Å². The molecule has 0 radical (unpaired) electrons. The van der Waals surface area contributed by atoms with Gasteiger partial charge in [0.15, 0.2) is 5.11 Å². The Hall–Kier alpha value is -2.26. The molecule has 1 fully saturated rings. The normalized spacial score (nSPS) is 16.2. The van der Waals surface area contributed by atoms with Crippen LogP contribution >= 0.6 is 34.8 Å². The van der Waals surface area contributed by atoms with Crippen LogP contribution in [0.2, 0.25) is 0 Å². The quantitative estimate of drug-likeness (QED) is 0.328. The molecule has 0 saturated carbocycles. The van der Waals surface area contributed by atoms with E-state index < -0.39 is 11.8 Å². The summed E-state index contributed by atoms with van der Waals surface area (Å²) in [6.07, 6.45) is 1.54. The van der Waals surface area contributed by atoms with Gasteiger partial charge >= 0.3 is 0 Å². The van der Waals surface area contributed by atoms with Gasteiger partial charge in [0, 0.05) is 3.57 Å². The number of methoxy groups -OCH3 is 1. The molecule has 3 rings (SSSR count). The van der Waals surface area contributed by atoms with Gasteiger partial charge in [0.1, 0.15) is 11.3 Å². The second-order valence-electron chi connectivity index (χ2n) is 5.22. The molecule has 1 saturated heterocycles. The van der Waals surface area contributed by atoms with E-state index in [1.165, 1.54) is 4.90 Å². The number of nitrogens with zero attached hydrogens (tertiary/aromatic N) is 1. The summed E-state index contributed by atoms with van der Waals surface area (Å²) in [7, 11) is 1.57. The van der Waals surface area contributed by atoms with Crippen LogP contribution in [0.3, 0.4) is 0 Å². The molecule has 1 aliphatic rings. The molecule has 1 heterocycles. The van der Waals surface area contributed by atoms with Crippen molar-refractivity contribution < 1.29 is 14.3 Å². The zero-order valence-corrected chi connectivity index (χ0v) is 16.1. The molecule has 2 amide bonds. The fraction of sp³-hybridized carbons (Fsp3) is 0.0556. The van der Waals surface area contributed by atoms with Gasteiger partial charge in [-0.05, 0) is 76.8 Å². The Kier molecular flexibility index (Phi) is 5.14. The van der Waals surface area contributed by atoms with Crippen molar-refractivity contribution in [2.75, 3.05) is 12.0 Å². The van der Waals surface area contributed by atoms with Crippen LogP contribution in [0.1, 0.15) is 5.56 Å². The summed E-state index contributed by atoms with van der Waals surface area (Å²) in [5.74, 6) is -0.323. The van der Waals surface area contributed by atoms with Crippen molar-refractivity contribution in [1.82, 2.24) is 5.32 Å². The van der Waals surface area contributed by atoms with Gasteiger partial charge < -0.3 is 4.74 Å². The van der Waals surface area contributed by atoms with Crippen LogP contribution in [-0.2, 0) is 9.59 Å². The molecular formula is C18H13IN2O3S. The second kappa shape index (κ2) is 7.32. The maximum Gasteiger partial charge on any atom is 0.270 e. The standard InChI is InChI=1S/C18H13IN2O3S/c1-24-14-8-11(7-12(19)10-14)9-15-16(22)20-18(25)21(17(15)23)13-5-3-2-4-6-13/h2-10H,1H3,(H,20,22,25)/b15-9-. The highest BCUT2D eigenvalue weighted by atomic mass is 127. The van der Waals surface area contributed by atoms with Gasteiger partial charge in [-0.15, -0.1) is 0 Å². The Morgan fingerprint density at radius 3 is 2.56 bits per heavy atom. The first-order valence-corrected chi connectivity index (χ1v) is 8.79. The average molecular weight is 464 g/mol. The number of para-hydroxylation sites is 1. The van der Waals surface area contributed by atoms with Gasteiger partial charge in [-0.1, -0.05) is 18.2 Å². The molecule has 0 spiro atoms. The minimum Gasteiger partial charge on any atom is -0.497 e. The molecule has 25 heavy (non-hydrogen) atoms. The lowest BCUT2D eigenvalue weighted by Crippen LogP contribution is -2.54. The fourth-order valence-corrected chi connectivity index (χ4v) is 3.37. The summed E-state index contributed by atoms with van der Waals surface area (Å²) in [5.41, 5.74) is 1.31. The van der Waals surface area contributed by atoms with E-state index in [-0.39, 0.29) is 10.7 Å². The maximum atomic E-state index is 12.9. The van der Waals surface area contributed by atoms with Crippen LogP contribution in [0.25, 0.3) is 6.08 Å². The summed E-state index contributed by atoms with van der Waals surface area (Å²) in [5, 5.41) is 2.64. The number of hydrogen-bond donors (Lipinski definition) is 1. The summed E-state index contributed by atoms with van der Waals surface area (Å²) >= 11 is 7.32. The van der Waals surface area contributed by atoms with Gasteiger partial charge in [-0.3, -0.25) is 19.8 Å². The van der Waals surface area contributed by atoms with Gasteiger partial charge in [0.2, 0.25) is 0 Å². The summed E-state index contributed by atoms with van der Waals surface area (Å²) in [6.45, 7) is 0. The highest BCUT2D eigenvalue weighted by molar-refractivity contribution is 14.1. The molecule has 0 aliphatic carbocycles. The SMILES string of the molecule is COc1cc(I)cc(/C=C2/C(=O)NC(=S)N(c3ccccc3)C2=O)c1. The number of nitrogens with one attached hydrogen (secondary N) is 1. The Labute approximate surface area is 163 Å². The van der Waals surface area contributed by atoms with Crippen molar-refractivity contribution in [3.05, 3.63) is 63.2 Å². The minimum absolute atomic E-state index is 0.0153. The number of anilines is 1. The Morgan fingerprint density at radius 2 is 1.88 bits per heavy atom. The monoisotopic (exact) mass is 464 g/mol. The zero-order chi connectivity index (χ0) is 18.0. The van der Waals surface area contributed by atoms with Crippen molar-refractivity contribution in [3.8, 4) is 5.75 Å². The van der Waals surface area contributed by atoms with Crippen LogP contribution < -0.4 is 15.0 Å². The molecule has 126 valence electrons. The van der Waals surface area contributed by atoms with Crippen LogP contribution in [-0.4, -0.2) is 24.0 Å². The number of amides is 2. The molecule has 0 aromatic heterocycles. The van der Waals surface area contributed by atoms with Crippen LogP contribution in [0.15, 0.2) is 54.1 Å². The van der Waals surface area contributed by atoms with Crippen LogP contribution in [0.5, 0.6) is 5.75 Å². The number of benzene rings is 2. The van der Waals surface area contributed by atoms with Gasteiger partial charge in [-0.25, -0.2) is 0 Å². The van der Waals surface area contributed by atoms with E-state index in [0.717, 1.165) is 3.57 Å². The number of carbonyl (C=O) groups is 2. The average Bonchev–Trinajstić information content (AvgIpc) is 2.59. The highest BCUT2D eigenvalue weighted by Crippen LogP contribution is 2.24. The number of ether oxygens (including phenoxy) is 1. The zero-order valence-electron chi connectivity index (χ0n) is 13.2. The summed E-state index contributed by atoms with van der Waals surface area (Å²) in [6, 6.07) is 14.4. The van der Waals surface area contributed by atoms with Crippen LogP contribution in [0.4, 0.5) is 5.69 Å². The first kappa shape index (κ1) is 17.6. The number of hydrogen-bond acceptors (Lipinski definition) is 4. The second-order valence-corrected chi connectivity index (χ2v) is 6.85. The number of carbonyl (C=O) groups excluding carboxylic acids is 2. The van der Waals surface area contributed by atoms with Crippen molar-refractivity contribution >= 4 is 63.5 Å². The van der Waals surface area contributed by atoms with Gasteiger partial charge in [0.05, 0.1) is 12.8 Å². The molecule has 7 heteroatoms. The molecule has 0 unspecified atom stereocenters. The van der Waals surface area contributed by atoms with E-state index in [0.29, 0.717) is 17.0 Å². The van der Waals surface area contributed by atoms with E-state index in [1.807, 2.05) is 18.2 Å². The lowest BCUT2D eigenvalue weighted by atomic mass is 10.1. The predicted molar refractivity (Wildman–Crippen MR) is 108 cm³/mol. The third-order valence-electron chi connectivity index (χ3n) is 3.56. The fourth-order valence-electron chi connectivity index (χ4n) is 2.42. The van der Waals surface area contributed by atoms with Crippen molar-refractivity contribution in [2.24, 2.45) is 0 Å². The maximum absolute atomic E-state index is 12.9. The number of thiocarbonyl (C=S) groups is 1. The third kappa shape index (κ3) is 3.72. The van der Waals surface area contributed by atoms with Crippen molar-refractivity contribution in [3.63, 3.8) is 0 Å². The highest BCUT2D eigenvalue weighted by Gasteiger charge is 2.34. The van der Waals surface area contributed by atoms with E-state index in [1.54, 1.807) is 43.5 Å². The summed E-state index contributed by atoms with van der Waals surface area (Å²) in [4.78, 5) is 26.5. The molecule has 2 aromatic carbocycles. The third-order valence-corrected chi connectivity index (χ3v) is 4.46. The lowest BCUT2D eigenvalue weighted by Gasteiger charge is -2.28. The van der Waals surface area contributed by atoms with E-state index in [4.69, 9.17) is 17.0 Å². The lowest BCUT2D eigenvalue weighted by molar-refractivity contribution is -0.122. The van der Waals surface area contributed by atoms with Crippen molar-refractivity contribution in [2.45, 2.75) is 0 Å².